The third kappa shape index (κ3) is 6.60. The molecule has 1 rings (SSSR count). The molecule has 0 amide bonds. The molecule has 0 aliphatic heterocycles. The summed E-state index contributed by atoms with van der Waals surface area (Å²) in [6, 6.07) is 7.80. The minimum Gasteiger partial charge on any atom is -0.496 e. The van der Waals surface area contributed by atoms with Gasteiger partial charge in [-0.25, -0.2) is 0 Å². The number of methoxy groups -OCH3 is 1. The van der Waals surface area contributed by atoms with E-state index in [1.165, 1.54) is 0 Å². The summed E-state index contributed by atoms with van der Waals surface area (Å²) >= 11 is 0. The molecule has 0 spiro atoms. The molecule has 0 aliphatic carbocycles. The molecule has 1 N–H and O–H groups in total. The van der Waals surface area contributed by atoms with Crippen LogP contribution < -0.4 is 4.74 Å². The van der Waals surface area contributed by atoms with Crippen LogP contribution in [0.2, 0.25) is 0 Å². The van der Waals surface area contributed by atoms with Gasteiger partial charge in [0.05, 0.1) is 13.2 Å². The van der Waals surface area contributed by atoms with Crippen molar-refractivity contribution in [2.45, 2.75) is 39.2 Å². The predicted molar refractivity (Wildman–Crippen MR) is 77.6 cm³/mol. The highest BCUT2D eigenvalue weighted by Gasteiger charge is 2.09. The number of aliphatic hydroxyl groups is 1. The number of para-hydroxylation sites is 1. The van der Waals surface area contributed by atoms with Crippen molar-refractivity contribution in [3.8, 4) is 5.75 Å². The lowest BCUT2D eigenvalue weighted by atomic mass is 10.1. The van der Waals surface area contributed by atoms with Gasteiger partial charge in [0.15, 0.2) is 0 Å². The zero-order valence-electron chi connectivity index (χ0n) is 12.3. The molecule has 0 aliphatic rings. The largest absolute Gasteiger partial charge is 0.496 e. The molecule has 0 heterocycles. The minimum absolute atomic E-state index is 0.379. The van der Waals surface area contributed by atoms with E-state index in [1.54, 1.807) is 7.11 Å². The van der Waals surface area contributed by atoms with Gasteiger partial charge in [0.2, 0.25) is 0 Å². The Labute approximate surface area is 116 Å². The van der Waals surface area contributed by atoms with E-state index in [2.05, 4.69) is 13.8 Å². The summed E-state index contributed by atoms with van der Waals surface area (Å²) in [5.41, 5.74) is 1.04. The van der Waals surface area contributed by atoms with E-state index < -0.39 is 0 Å². The number of rotatable bonds is 9. The Morgan fingerprint density at radius 3 is 2.47 bits per heavy atom. The van der Waals surface area contributed by atoms with Crippen molar-refractivity contribution in [2.24, 2.45) is 5.92 Å². The number of benzene rings is 1. The highest BCUT2D eigenvalue weighted by Crippen LogP contribution is 2.19. The summed E-state index contributed by atoms with van der Waals surface area (Å²) in [7, 11) is 1.65. The lowest BCUT2D eigenvalue weighted by Crippen LogP contribution is -2.14. The fourth-order valence-electron chi connectivity index (χ4n) is 1.87. The fourth-order valence-corrected chi connectivity index (χ4v) is 1.87. The quantitative estimate of drug-likeness (QED) is 0.698. The average Bonchev–Trinajstić information content (AvgIpc) is 2.38. The van der Waals surface area contributed by atoms with Gasteiger partial charge in [0.25, 0.3) is 0 Å². The average molecular weight is 266 g/mol. The number of hydrogen-bond acceptors (Lipinski definition) is 3. The topological polar surface area (TPSA) is 38.7 Å². The Morgan fingerprint density at radius 1 is 1.11 bits per heavy atom. The first-order valence-corrected chi connectivity index (χ1v) is 7.01. The van der Waals surface area contributed by atoms with Crippen molar-refractivity contribution in [3.63, 3.8) is 0 Å². The monoisotopic (exact) mass is 266 g/mol. The van der Waals surface area contributed by atoms with Gasteiger partial charge in [-0.3, -0.25) is 0 Å². The van der Waals surface area contributed by atoms with Crippen LogP contribution in [0.5, 0.6) is 5.75 Å². The third-order valence-corrected chi connectivity index (χ3v) is 3.08. The van der Waals surface area contributed by atoms with Gasteiger partial charge < -0.3 is 14.6 Å². The molecular weight excluding hydrogens is 240 g/mol. The molecule has 3 nitrogen and oxygen atoms in total. The maximum atomic E-state index is 10.00. The van der Waals surface area contributed by atoms with Crippen LogP contribution in [-0.2, 0) is 11.2 Å². The molecule has 0 saturated heterocycles. The lowest BCUT2D eigenvalue weighted by Gasteiger charge is -2.13. The van der Waals surface area contributed by atoms with E-state index in [9.17, 15) is 5.11 Å². The van der Waals surface area contributed by atoms with Crippen LogP contribution in [0.4, 0.5) is 0 Å². The minimum atomic E-state index is -0.379. The van der Waals surface area contributed by atoms with Crippen molar-refractivity contribution in [3.05, 3.63) is 29.8 Å². The van der Waals surface area contributed by atoms with E-state index in [0.29, 0.717) is 25.4 Å². The highest BCUT2D eigenvalue weighted by molar-refractivity contribution is 5.33. The smallest absolute Gasteiger partial charge is 0.122 e. The van der Waals surface area contributed by atoms with Crippen LogP contribution in [-0.4, -0.2) is 31.5 Å². The van der Waals surface area contributed by atoms with Crippen LogP contribution in [0.3, 0.4) is 0 Å². The molecule has 108 valence electrons. The predicted octanol–water partition coefficient (Wildman–Crippen LogP) is 3.05. The van der Waals surface area contributed by atoms with Crippen LogP contribution in [0, 0.1) is 5.92 Å². The molecule has 3 heteroatoms. The van der Waals surface area contributed by atoms with E-state index in [-0.39, 0.29) is 6.10 Å². The number of ether oxygens (including phenoxy) is 2. The SMILES string of the molecule is COc1ccccc1CC(O)CCOCCC(C)C. The van der Waals surface area contributed by atoms with Gasteiger partial charge in [0, 0.05) is 19.6 Å². The van der Waals surface area contributed by atoms with E-state index >= 15 is 0 Å². The standard InChI is InChI=1S/C16H26O3/c1-13(2)8-10-19-11-9-15(17)12-14-6-4-5-7-16(14)18-3/h4-7,13,15,17H,8-12H2,1-3H3. The molecule has 1 unspecified atom stereocenters. The normalized spacial score (nSPS) is 12.7. The van der Waals surface area contributed by atoms with Gasteiger partial charge in [-0.1, -0.05) is 32.0 Å². The Kier molecular flexibility index (Phi) is 7.53. The maximum absolute atomic E-state index is 10.00. The second-order valence-corrected chi connectivity index (χ2v) is 5.25. The van der Waals surface area contributed by atoms with E-state index in [4.69, 9.17) is 9.47 Å². The molecule has 1 atom stereocenters. The molecule has 0 aromatic heterocycles. The third-order valence-electron chi connectivity index (χ3n) is 3.08. The van der Waals surface area contributed by atoms with Gasteiger partial charge >= 0.3 is 0 Å². The number of aliphatic hydroxyl groups excluding tert-OH is 1. The summed E-state index contributed by atoms with van der Waals surface area (Å²) in [5, 5.41) is 10.00. The molecule has 0 fully saturated rings. The Hall–Kier alpha value is -1.06. The van der Waals surface area contributed by atoms with Crippen LogP contribution in [0.1, 0.15) is 32.3 Å². The van der Waals surface area contributed by atoms with Crippen LogP contribution in [0.25, 0.3) is 0 Å². The van der Waals surface area contributed by atoms with Gasteiger partial charge in [-0.05, 0) is 30.4 Å². The summed E-state index contributed by atoms with van der Waals surface area (Å²) in [6.45, 7) is 5.75. The summed E-state index contributed by atoms with van der Waals surface area (Å²) < 4.78 is 10.8. The van der Waals surface area contributed by atoms with Gasteiger partial charge in [0.1, 0.15) is 5.75 Å². The molecule has 0 bridgehead atoms. The fraction of sp³-hybridized carbons (Fsp3) is 0.625. The molecule has 0 saturated carbocycles. The molecule has 19 heavy (non-hydrogen) atoms. The summed E-state index contributed by atoms with van der Waals surface area (Å²) in [5.74, 6) is 1.50. The van der Waals surface area contributed by atoms with Crippen molar-refractivity contribution < 1.29 is 14.6 Å². The second kappa shape index (κ2) is 8.94. The first-order chi connectivity index (χ1) is 9.13. The molecular formula is C16H26O3. The Morgan fingerprint density at radius 2 is 1.79 bits per heavy atom. The van der Waals surface area contributed by atoms with Gasteiger partial charge in [-0.2, -0.15) is 0 Å². The number of hydrogen-bond donors (Lipinski definition) is 1. The second-order valence-electron chi connectivity index (χ2n) is 5.25. The van der Waals surface area contributed by atoms with E-state index in [0.717, 1.165) is 24.3 Å². The zero-order chi connectivity index (χ0) is 14.1. The van der Waals surface area contributed by atoms with Crippen molar-refractivity contribution >= 4 is 0 Å². The molecule has 1 aromatic rings. The van der Waals surface area contributed by atoms with Crippen molar-refractivity contribution in [1.29, 1.82) is 0 Å². The first-order valence-electron chi connectivity index (χ1n) is 7.01. The summed E-state index contributed by atoms with van der Waals surface area (Å²) in [6.07, 6.45) is 1.96. The van der Waals surface area contributed by atoms with E-state index in [1.807, 2.05) is 24.3 Å². The lowest BCUT2D eigenvalue weighted by molar-refractivity contribution is 0.0767. The Balaban J connectivity index is 2.25. The highest BCUT2D eigenvalue weighted by atomic mass is 16.5. The van der Waals surface area contributed by atoms with Crippen molar-refractivity contribution in [1.82, 2.24) is 0 Å². The zero-order valence-corrected chi connectivity index (χ0v) is 12.3. The Bertz CT molecular complexity index is 350. The molecule has 0 radical (unpaired) electrons. The summed E-state index contributed by atoms with van der Waals surface area (Å²) in [4.78, 5) is 0. The van der Waals surface area contributed by atoms with Crippen LogP contribution in [0.15, 0.2) is 24.3 Å². The molecule has 1 aromatic carbocycles. The van der Waals surface area contributed by atoms with Crippen molar-refractivity contribution in [2.75, 3.05) is 20.3 Å². The van der Waals surface area contributed by atoms with Gasteiger partial charge in [-0.15, -0.1) is 0 Å². The first kappa shape index (κ1) is 16.0. The maximum Gasteiger partial charge on any atom is 0.122 e. The van der Waals surface area contributed by atoms with Crippen LogP contribution >= 0.6 is 0 Å².